The van der Waals surface area contributed by atoms with Crippen LogP contribution in [0.15, 0.2) is 36.7 Å². The second-order valence-corrected chi connectivity index (χ2v) is 19.1. The first-order chi connectivity index (χ1) is 20.2. The van der Waals surface area contributed by atoms with Crippen LogP contribution in [0, 0.1) is 0 Å². The summed E-state index contributed by atoms with van der Waals surface area (Å²) in [6.45, 7) is 15.1. The summed E-state index contributed by atoms with van der Waals surface area (Å²) in [5.74, 6) is 0.862. The molecule has 0 N–H and O–H groups in total. The van der Waals surface area contributed by atoms with Crippen molar-refractivity contribution in [2.45, 2.75) is 83.8 Å². The van der Waals surface area contributed by atoms with Crippen molar-refractivity contribution in [1.82, 2.24) is 14.8 Å². The molecule has 0 amide bonds. The van der Waals surface area contributed by atoms with Gasteiger partial charge in [-0.3, -0.25) is 9.17 Å². The van der Waals surface area contributed by atoms with Crippen LogP contribution in [-0.4, -0.2) is 76.9 Å². The van der Waals surface area contributed by atoms with Gasteiger partial charge in [0.25, 0.3) is 10.1 Å². The van der Waals surface area contributed by atoms with Gasteiger partial charge in [0.2, 0.25) is 8.32 Å². The molecule has 0 radical (unpaired) electrons. The zero-order valence-corrected chi connectivity index (χ0v) is 28.4. The van der Waals surface area contributed by atoms with Crippen molar-refractivity contribution in [1.29, 1.82) is 0 Å². The van der Waals surface area contributed by atoms with Gasteiger partial charge in [0.1, 0.15) is 11.4 Å². The number of hydrogen-bond acceptors (Lipinski definition) is 9. The van der Waals surface area contributed by atoms with Gasteiger partial charge in [-0.2, -0.15) is 13.5 Å². The Morgan fingerprint density at radius 3 is 2.56 bits per heavy atom. The Kier molecular flexibility index (Phi) is 11.1. The normalized spacial score (nSPS) is 17.3. The molecule has 0 saturated carbocycles. The second kappa shape index (κ2) is 14.2. The van der Waals surface area contributed by atoms with Gasteiger partial charge < -0.3 is 18.6 Å². The first-order valence-electron chi connectivity index (χ1n) is 15.0. The molecular weight excluding hydrogens is 587 g/mol. The number of nitrogens with zero attached hydrogens (tertiary/aromatic N) is 3. The van der Waals surface area contributed by atoms with Crippen molar-refractivity contribution < 1.29 is 31.2 Å². The maximum atomic E-state index is 11.2. The zero-order valence-electron chi connectivity index (χ0n) is 26.6. The minimum Gasteiger partial charge on any atom is -0.543 e. The van der Waals surface area contributed by atoms with Crippen molar-refractivity contribution in [2.75, 3.05) is 39.3 Å². The van der Waals surface area contributed by atoms with E-state index in [0.717, 1.165) is 65.6 Å². The first-order valence-corrected chi connectivity index (χ1v) is 19.8. The molecule has 2 aromatic heterocycles. The van der Waals surface area contributed by atoms with E-state index in [-0.39, 0.29) is 17.9 Å². The van der Waals surface area contributed by atoms with E-state index >= 15 is 0 Å². The molecule has 238 valence electrons. The zero-order chi connectivity index (χ0) is 31.3. The van der Waals surface area contributed by atoms with Gasteiger partial charge >= 0.3 is 0 Å². The Morgan fingerprint density at radius 1 is 1.09 bits per heavy atom. The fourth-order valence-corrected chi connectivity index (χ4v) is 6.39. The Hall–Kier alpha value is -2.35. The van der Waals surface area contributed by atoms with Crippen LogP contribution >= 0.6 is 0 Å². The molecule has 1 aliphatic heterocycles. The van der Waals surface area contributed by atoms with Crippen molar-refractivity contribution in [3.8, 4) is 17.0 Å². The molecule has 3 heterocycles. The summed E-state index contributed by atoms with van der Waals surface area (Å²) in [5, 5.41) is 6.19. The monoisotopic (exact) mass is 633 g/mol. The topological polar surface area (TPSA) is 111 Å². The highest BCUT2D eigenvalue weighted by atomic mass is 32.2. The van der Waals surface area contributed by atoms with Crippen LogP contribution in [0.3, 0.4) is 0 Å². The molecule has 4 rings (SSSR count). The van der Waals surface area contributed by atoms with E-state index in [4.69, 9.17) is 27.9 Å². The lowest BCUT2D eigenvalue weighted by atomic mass is 10.1. The quantitative estimate of drug-likeness (QED) is 0.118. The molecular formula is C31H47N3O7SSi. The predicted molar refractivity (Wildman–Crippen MR) is 170 cm³/mol. The molecule has 1 fully saturated rings. The van der Waals surface area contributed by atoms with Crippen LogP contribution in [0.25, 0.3) is 22.2 Å². The predicted octanol–water partition coefficient (Wildman–Crippen LogP) is 6.12. The summed E-state index contributed by atoms with van der Waals surface area (Å²) in [4.78, 5) is 4.53. The maximum absolute atomic E-state index is 11.2. The van der Waals surface area contributed by atoms with Gasteiger partial charge in [-0.1, -0.05) is 20.8 Å². The number of ether oxygens (including phenoxy) is 3. The second-order valence-electron chi connectivity index (χ2n) is 12.8. The third-order valence-corrected chi connectivity index (χ3v) is 13.0. The largest absolute Gasteiger partial charge is 0.543 e. The minimum absolute atomic E-state index is 0.0857. The molecule has 12 heteroatoms. The molecule has 2 atom stereocenters. The SMILES string of the molecule is CC(COCCOCCc1cncc(-c2nn(C3CCCCO3)c3ccc(O[Si](C)(C)C(C)(C)C)cc23)c1)OS(C)(=O)=O. The van der Waals surface area contributed by atoms with E-state index in [1.807, 2.05) is 17.1 Å². The molecule has 3 aromatic rings. The van der Waals surface area contributed by atoms with Crippen molar-refractivity contribution in [3.63, 3.8) is 0 Å². The molecule has 1 aromatic carbocycles. The fourth-order valence-electron chi connectivity index (χ4n) is 4.72. The molecule has 0 bridgehead atoms. The highest BCUT2D eigenvalue weighted by Gasteiger charge is 2.39. The van der Waals surface area contributed by atoms with E-state index < -0.39 is 24.5 Å². The third kappa shape index (κ3) is 9.32. The number of pyridine rings is 1. The smallest absolute Gasteiger partial charge is 0.264 e. The molecule has 43 heavy (non-hydrogen) atoms. The highest BCUT2D eigenvalue weighted by molar-refractivity contribution is 7.86. The summed E-state index contributed by atoms with van der Waals surface area (Å²) >= 11 is 0. The standard InChI is InChI=1S/C31H47N3O7SSi/c1-23(40-42(5,35)36)22-38-17-16-37-15-13-24-18-25(21-32-20-24)30-27-19-26(41-43(6,7)31(2,3)4)11-12-28(27)34(33-30)29-10-8-9-14-39-29/h11-12,18-21,23,29H,8-10,13-17,22H2,1-7H3. The summed E-state index contributed by atoms with van der Waals surface area (Å²) in [5.41, 5.74) is 3.86. The Bertz CT molecular complexity index is 1460. The molecule has 10 nitrogen and oxygen atoms in total. The van der Waals surface area contributed by atoms with Crippen LogP contribution in [0.1, 0.15) is 58.7 Å². The van der Waals surface area contributed by atoms with Crippen molar-refractivity contribution >= 4 is 29.3 Å². The Morgan fingerprint density at radius 2 is 1.86 bits per heavy atom. The maximum Gasteiger partial charge on any atom is 0.264 e. The Balaban J connectivity index is 1.47. The highest BCUT2D eigenvalue weighted by Crippen LogP contribution is 2.40. The van der Waals surface area contributed by atoms with Gasteiger partial charge in [-0.05, 0) is 80.6 Å². The fraction of sp³-hybridized carbons (Fsp3) is 0.613. The van der Waals surface area contributed by atoms with Gasteiger partial charge in [-0.25, -0.2) is 4.68 Å². The van der Waals surface area contributed by atoms with E-state index in [9.17, 15) is 8.42 Å². The summed E-state index contributed by atoms with van der Waals surface area (Å²) in [6, 6.07) is 8.40. The third-order valence-electron chi connectivity index (χ3n) is 7.95. The van der Waals surface area contributed by atoms with E-state index in [1.165, 1.54) is 0 Å². The molecule has 1 aliphatic rings. The van der Waals surface area contributed by atoms with Gasteiger partial charge in [-0.15, -0.1) is 0 Å². The van der Waals surface area contributed by atoms with Crippen molar-refractivity contribution in [3.05, 3.63) is 42.2 Å². The lowest BCUT2D eigenvalue weighted by molar-refractivity contribution is -0.0365. The van der Waals surface area contributed by atoms with E-state index in [2.05, 4.69) is 63.1 Å². The number of fused-ring (bicyclic) bond motifs is 1. The number of aromatic nitrogens is 3. The Labute approximate surface area is 257 Å². The van der Waals surface area contributed by atoms with E-state index in [0.29, 0.717) is 26.2 Å². The van der Waals surface area contributed by atoms with Gasteiger partial charge in [0, 0.05) is 30.0 Å². The van der Waals surface area contributed by atoms with Crippen LogP contribution in [0.2, 0.25) is 18.1 Å². The minimum atomic E-state index is -3.49. The average molecular weight is 634 g/mol. The van der Waals surface area contributed by atoms with Crippen LogP contribution in [0.5, 0.6) is 5.75 Å². The van der Waals surface area contributed by atoms with Gasteiger partial charge in [0.05, 0.1) is 44.3 Å². The number of benzene rings is 1. The summed E-state index contributed by atoms with van der Waals surface area (Å²) in [7, 11) is -5.52. The van der Waals surface area contributed by atoms with Crippen LogP contribution < -0.4 is 4.43 Å². The molecule has 0 spiro atoms. The van der Waals surface area contributed by atoms with Gasteiger partial charge in [0.15, 0.2) is 6.23 Å². The molecule has 2 unspecified atom stereocenters. The lowest BCUT2D eigenvalue weighted by Gasteiger charge is -2.36. The summed E-state index contributed by atoms with van der Waals surface area (Å²) < 4.78 is 53.2. The first kappa shape index (κ1) is 33.5. The van der Waals surface area contributed by atoms with Crippen molar-refractivity contribution in [2.24, 2.45) is 0 Å². The summed E-state index contributed by atoms with van der Waals surface area (Å²) in [6.07, 6.45) is 7.90. The van der Waals surface area contributed by atoms with Crippen LogP contribution in [-0.2, 0) is 34.9 Å². The number of rotatable bonds is 14. The molecule has 0 aliphatic carbocycles. The average Bonchev–Trinajstić information content (AvgIpc) is 3.30. The number of hydrogen-bond donors (Lipinski definition) is 0. The lowest BCUT2D eigenvalue weighted by Crippen LogP contribution is -2.43. The van der Waals surface area contributed by atoms with Crippen LogP contribution in [0.4, 0.5) is 0 Å². The molecule has 1 saturated heterocycles. The van der Waals surface area contributed by atoms with E-state index in [1.54, 1.807) is 6.92 Å².